The maximum absolute atomic E-state index is 12.1. The molecule has 0 aromatic heterocycles. The number of hydrogen-bond donors (Lipinski definition) is 2. The molecule has 1 unspecified atom stereocenters. The Morgan fingerprint density at radius 3 is 2.87 bits per heavy atom. The van der Waals surface area contributed by atoms with Crippen LogP contribution in [0.25, 0.3) is 0 Å². The van der Waals surface area contributed by atoms with E-state index in [1.54, 1.807) is 43.3 Å². The zero-order chi connectivity index (χ0) is 16.2. The minimum Gasteiger partial charge on any atom is -0.507 e. The quantitative estimate of drug-likeness (QED) is 0.671. The number of benzene rings is 2. The first-order valence-electron chi connectivity index (χ1n) is 7.15. The molecule has 2 aromatic rings. The van der Waals surface area contributed by atoms with Crippen LogP contribution in [-0.2, 0) is 4.79 Å². The first kappa shape index (κ1) is 14.9. The lowest BCUT2D eigenvalue weighted by molar-refractivity contribution is -0.130. The van der Waals surface area contributed by atoms with E-state index in [0.29, 0.717) is 17.1 Å². The molecule has 2 N–H and O–H groups in total. The molecule has 0 radical (unpaired) electrons. The summed E-state index contributed by atoms with van der Waals surface area (Å²) in [5.74, 6) is 0.864. The Morgan fingerprint density at radius 2 is 2.04 bits per heavy atom. The van der Waals surface area contributed by atoms with Gasteiger partial charge in [-0.15, -0.1) is 0 Å². The van der Waals surface area contributed by atoms with Gasteiger partial charge in [-0.2, -0.15) is 5.10 Å². The Labute approximate surface area is 133 Å². The number of hydrogen-bond acceptors (Lipinski definition) is 5. The van der Waals surface area contributed by atoms with Gasteiger partial charge in [-0.05, 0) is 30.7 Å². The van der Waals surface area contributed by atoms with Crippen molar-refractivity contribution >= 4 is 12.1 Å². The van der Waals surface area contributed by atoms with Crippen molar-refractivity contribution in [3.05, 3.63) is 53.6 Å². The minimum atomic E-state index is -0.770. The van der Waals surface area contributed by atoms with Crippen LogP contribution in [0.1, 0.15) is 11.1 Å². The van der Waals surface area contributed by atoms with Crippen molar-refractivity contribution in [2.75, 3.05) is 6.61 Å². The predicted molar refractivity (Wildman–Crippen MR) is 84.9 cm³/mol. The highest BCUT2D eigenvalue weighted by molar-refractivity contribution is 5.87. The van der Waals surface area contributed by atoms with Crippen molar-refractivity contribution in [3.8, 4) is 17.2 Å². The third kappa shape index (κ3) is 3.26. The zero-order valence-corrected chi connectivity index (χ0v) is 12.5. The lowest BCUT2D eigenvalue weighted by Crippen LogP contribution is -2.42. The van der Waals surface area contributed by atoms with Gasteiger partial charge in [-0.1, -0.05) is 24.3 Å². The summed E-state index contributed by atoms with van der Waals surface area (Å²) in [6, 6.07) is 12.4. The molecule has 0 saturated carbocycles. The molecule has 0 spiro atoms. The van der Waals surface area contributed by atoms with Crippen LogP contribution in [0.15, 0.2) is 47.6 Å². The van der Waals surface area contributed by atoms with Crippen LogP contribution in [0.5, 0.6) is 17.2 Å². The molecule has 0 bridgehead atoms. The highest BCUT2D eigenvalue weighted by Gasteiger charge is 2.26. The van der Waals surface area contributed by atoms with Gasteiger partial charge in [0.05, 0.1) is 6.21 Å². The number of carbonyl (C=O) groups is 1. The van der Waals surface area contributed by atoms with Crippen LogP contribution in [-0.4, -0.2) is 29.9 Å². The van der Waals surface area contributed by atoms with Crippen LogP contribution in [0, 0.1) is 6.92 Å². The smallest absolute Gasteiger partial charge is 0.284 e. The van der Waals surface area contributed by atoms with E-state index in [-0.39, 0.29) is 12.4 Å². The van der Waals surface area contributed by atoms with Gasteiger partial charge in [-0.25, -0.2) is 5.43 Å². The standard InChI is InChI=1S/C17H16N2O4/c1-11-5-4-6-12(16(11)20)9-18-19-17(21)15-10-22-13-7-2-3-8-14(13)23-15/h2-9,15,20H,10H2,1H3,(H,19,21)/b18-9+. The number of carbonyl (C=O) groups excluding carboxylic acids is 1. The van der Waals surface area contributed by atoms with E-state index in [9.17, 15) is 9.90 Å². The van der Waals surface area contributed by atoms with Crippen LogP contribution < -0.4 is 14.9 Å². The molecular weight excluding hydrogens is 296 g/mol. The number of nitrogens with zero attached hydrogens (tertiary/aromatic N) is 1. The Morgan fingerprint density at radius 1 is 1.26 bits per heavy atom. The van der Waals surface area contributed by atoms with Gasteiger partial charge in [-0.3, -0.25) is 4.79 Å². The van der Waals surface area contributed by atoms with Crippen LogP contribution in [0.2, 0.25) is 0 Å². The second kappa shape index (κ2) is 6.39. The number of phenols is 1. The molecule has 1 amide bonds. The molecule has 1 heterocycles. The molecule has 0 aliphatic carbocycles. The molecule has 2 aromatic carbocycles. The third-order valence-corrected chi connectivity index (χ3v) is 3.45. The number of rotatable bonds is 3. The molecule has 6 heteroatoms. The maximum Gasteiger partial charge on any atom is 0.284 e. The van der Waals surface area contributed by atoms with Gasteiger partial charge in [0.1, 0.15) is 12.4 Å². The van der Waals surface area contributed by atoms with Gasteiger partial charge in [0.15, 0.2) is 11.5 Å². The van der Waals surface area contributed by atoms with E-state index in [2.05, 4.69) is 10.5 Å². The number of fused-ring (bicyclic) bond motifs is 1. The van der Waals surface area contributed by atoms with Crippen molar-refractivity contribution in [1.82, 2.24) is 5.43 Å². The molecule has 23 heavy (non-hydrogen) atoms. The first-order valence-corrected chi connectivity index (χ1v) is 7.15. The zero-order valence-electron chi connectivity index (χ0n) is 12.5. The van der Waals surface area contributed by atoms with E-state index < -0.39 is 12.0 Å². The van der Waals surface area contributed by atoms with Crippen LogP contribution in [0.4, 0.5) is 0 Å². The monoisotopic (exact) mass is 312 g/mol. The molecule has 118 valence electrons. The fourth-order valence-electron chi connectivity index (χ4n) is 2.17. The number of aromatic hydroxyl groups is 1. The van der Waals surface area contributed by atoms with E-state index in [4.69, 9.17) is 9.47 Å². The molecule has 6 nitrogen and oxygen atoms in total. The van der Waals surface area contributed by atoms with Gasteiger partial charge in [0.2, 0.25) is 6.10 Å². The van der Waals surface area contributed by atoms with Crippen molar-refractivity contribution < 1.29 is 19.4 Å². The molecule has 1 atom stereocenters. The Kier molecular flexibility index (Phi) is 4.14. The second-order valence-corrected chi connectivity index (χ2v) is 5.11. The average Bonchev–Trinajstić information content (AvgIpc) is 2.58. The van der Waals surface area contributed by atoms with E-state index in [0.717, 1.165) is 5.56 Å². The fraction of sp³-hybridized carbons (Fsp3) is 0.176. The van der Waals surface area contributed by atoms with E-state index >= 15 is 0 Å². The van der Waals surface area contributed by atoms with Gasteiger partial charge in [0.25, 0.3) is 5.91 Å². The fourth-order valence-corrected chi connectivity index (χ4v) is 2.17. The van der Waals surface area contributed by atoms with Gasteiger partial charge < -0.3 is 14.6 Å². The SMILES string of the molecule is Cc1cccc(/C=N/NC(=O)C2COc3ccccc3O2)c1O. The highest BCUT2D eigenvalue weighted by atomic mass is 16.6. The summed E-state index contributed by atoms with van der Waals surface area (Å²) in [6.07, 6.45) is 0.617. The minimum absolute atomic E-state index is 0.119. The summed E-state index contributed by atoms with van der Waals surface area (Å²) < 4.78 is 11.1. The first-order chi connectivity index (χ1) is 11.1. The van der Waals surface area contributed by atoms with Crippen LogP contribution in [0.3, 0.4) is 0 Å². The molecule has 0 saturated heterocycles. The normalized spacial score (nSPS) is 16.3. The molecule has 0 fully saturated rings. The molecular formula is C17H16N2O4. The molecule has 3 rings (SSSR count). The summed E-state index contributed by atoms with van der Waals surface area (Å²) >= 11 is 0. The lowest BCUT2D eigenvalue weighted by atomic mass is 10.1. The summed E-state index contributed by atoms with van der Waals surface area (Å²) in [6.45, 7) is 1.91. The van der Waals surface area contributed by atoms with Crippen molar-refractivity contribution in [2.24, 2.45) is 5.10 Å². The van der Waals surface area contributed by atoms with Gasteiger partial charge in [0, 0.05) is 5.56 Å². The summed E-state index contributed by atoms with van der Waals surface area (Å²) in [7, 11) is 0. The Hall–Kier alpha value is -3.02. The number of ether oxygens (including phenoxy) is 2. The van der Waals surface area contributed by atoms with Crippen LogP contribution >= 0.6 is 0 Å². The van der Waals surface area contributed by atoms with E-state index in [1.807, 2.05) is 6.07 Å². The number of phenolic OH excluding ortho intramolecular Hbond substituents is 1. The number of amides is 1. The molecule has 1 aliphatic rings. The van der Waals surface area contributed by atoms with Gasteiger partial charge >= 0.3 is 0 Å². The third-order valence-electron chi connectivity index (χ3n) is 3.45. The maximum atomic E-state index is 12.1. The predicted octanol–water partition coefficient (Wildman–Crippen LogP) is 1.99. The van der Waals surface area contributed by atoms with Crippen molar-refractivity contribution in [2.45, 2.75) is 13.0 Å². The number of para-hydroxylation sites is 3. The summed E-state index contributed by atoms with van der Waals surface area (Å²) in [5.41, 5.74) is 3.65. The lowest BCUT2D eigenvalue weighted by Gasteiger charge is -2.24. The average molecular weight is 312 g/mol. The van der Waals surface area contributed by atoms with Crippen molar-refractivity contribution in [3.63, 3.8) is 0 Å². The molecule has 1 aliphatic heterocycles. The van der Waals surface area contributed by atoms with Crippen molar-refractivity contribution in [1.29, 1.82) is 0 Å². The number of nitrogens with one attached hydrogen (secondary N) is 1. The highest BCUT2D eigenvalue weighted by Crippen LogP contribution is 2.30. The Bertz CT molecular complexity index is 758. The summed E-state index contributed by atoms with van der Waals surface area (Å²) in [5, 5.41) is 13.7. The number of hydrazone groups is 1. The summed E-state index contributed by atoms with van der Waals surface area (Å²) in [4.78, 5) is 12.1. The Balaban J connectivity index is 1.62. The second-order valence-electron chi connectivity index (χ2n) is 5.11. The topological polar surface area (TPSA) is 80.2 Å². The van der Waals surface area contributed by atoms with E-state index in [1.165, 1.54) is 6.21 Å². The largest absolute Gasteiger partial charge is 0.507 e. The number of aryl methyl sites for hydroxylation is 1.